The van der Waals surface area contributed by atoms with Crippen LogP contribution in [0.2, 0.25) is 0 Å². The predicted octanol–water partition coefficient (Wildman–Crippen LogP) is 2.01. The SMILES string of the molecule is CN(C)CCNC(=N)NN=Cc1c2ccccc2c(C=NNC(=N)NCCN(C)C)c2ccccc12. The zero-order valence-corrected chi connectivity index (χ0v) is 21.4. The number of nitrogens with one attached hydrogen (secondary N) is 6. The summed E-state index contributed by atoms with van der Waals surface area (Å²) in [5.74, 6) is 0.302. The molecule has 0 atom stereocenters. The van der Waals surface area contributed by atoms with Gasteiger partial charge in [-0.1, -0.05) is 48.5 Å². The quantitative estimate of drug-likeness (QED) is 0.112. The molecule has 0 aliphatic carbocycles. The van der Waals surface area contributed by atoms with Gasteiger partial charge in [0.1, 0.15) is 0 Å². The number of guanidine groups is 2. The van der Waals surface area contributed by atoms with Gasteiger partial charge in [-0.3, -0.25) is 10.8 Å². The number of hydrogen-bond acceptors (Lipinski definition) is 6. The van der Waals surface area contributed by atoms with E-state index in [0.717, 1.165) is 45.8 Å². The summed E-state index contributed by atoms with van der Waals surface area (Å²) in [5.41, 5.74) is 7.46. The molecule has 3 aromatic rings. The van der Waals surface area contributed by atoms with Crippen molar-refractivity contribution in [2.45, 2.75) is 0 Å². The number of nitrogens with zero attached hydrogens (tertiary/aromatic N) is 4. The molecule has 190 valence electrons. The Labute approximate surface area is 212 Å². The Hall–Kier alpha value is -4.02. The van der Waals surface area contributed by atoms with Crippen molar-refractivity contribution < 1.29 is 0 Å². The number of likely N-dealkylation sites (N-methyl/N-ethyl adjacent to an activating group) is 2. The number of hydrogen-bond donors (Lipinski definition) is 6. The number of rotatable bonds is 10. The Morgan fingerprint density at radius 2 is 1.00 bits per heavy atom. The first-order chi connectivity index (χ1) is 17.4. The van der Waals surface area contributed by atoms with Crippen LogP contribution in [0.3, 0.4) is 0 Å². The molecule has 0 saturated heterocycles. The van der Waals surface area contributed by atoms with Crippen LogP contribution >= 0.6 is 0 Å². The topological polar surface area (TPSA) is 127 Å². The summed E-state index contributed by atoms with van der Waals surface area (Å²) >= 11 is 0. The van der Waals surface area contributed by atoms with Crippen molar-refractivity contribution in [3.8, 4) is 0 Å². The van der Waals surface area contributed by atoms with E-state index in [0.29, 0.717) is 13.1 Å². The molecule has 0 heterocycles. The molecule has 0 aromatic heterocycles. The monoisotopic (exact) mass is 488 g/mol. The molecule has 0 saturated carbocycles. The lowest BCUT2D eigenvalue weighted by atomic mass is 9.92. The number of hydrazone groups is 2. The number of fused-ring (bicyclic) bond motifs is 2. The Morgan fingerprint density at radius 3 is 1.31 bits per heavy atom. The molecule has 3 aromatic carbocycles. The average Bonchev–Trinajstić information content (AvgIpc) is 2.84. The molecule has 0 aliphatic rings. The Morgan fingerprint density at radius 1 is 0.667 bits per heavy atom. The van der Waals surface area contributed by atoms with E-state index in [1.54, 1.807) is 12.4 Å². The van der Waals surface area contributed by atoms with Crippen LogP contribution in [0.25, 0.3) is 21.5 Å². The van der Waals surface area contributed by atoms with E-state index in [4.69, 9.17) is 10.8 Å². The Kier molecular flexibility index (Phi) is 9.73. The van der Waals surface area contributed by atoms with E-state index in [9.17, 15) is 0 Å². The van der Waals surface area contributed by atoms with Gasteiger partial charge in [0.15, 0.2) is 0 Å². The first kappa shape index (κ1) is 26.6. The average molecular weight is 489 g/mol. The summed E-state index contributed by atoms with van der Waals surface area (Å²) in [4.78, 5) is 4.10. The minimum Gasteiger partial charge on any atom is -0.354 e. The zero-order chi connectivity index (χ0) is 25.9. The molecule has 36 heavy (non-hydrogen) atoms. The van der Waals surface area contributed by atoms with Crippen LogP contribution in [0.5, 0.6) is 0 Å². The first-order valence-electron chi connectivity index (χ1n) is 11.8. The highest BCUT2D eigenvalue weighted by molar-refractivity contribution is 6.21. The van der Waals surface area contributed by atoms with E-state index in [-0.39, 0.29) is 11.9 Å². The van der Waals surface area contributed by atoms with Gasteiger partial charge in [0, 0.05) is 37.3 Å². The third kappa shape index (κ3) is 7.49. The second-order valence-corrected chi connectivity index (χ2v) is 8.87. The molecule has 6 N–H and O–H groups in total. The lowest BCUT2D eigenvalue weighted by Crippen LogP contribution is -2.37. The maximum absolute atomic E-state index is 8.03. The summed E-state index contributed by atoms with van der Waals surface area (Å²) in [6.45, 7) is 2.97. The largest absolute Gasteiger partial charge is 0.354 e. The molecule has 3 rings (SSSR count). The minimum absolute atomic E-state index is 0.151. The highest BCUT2D eigenvalue weighted by atomic mass is 15.4. The minimum atomic E-state index is 0.151. The van der Waals surface area contributed by atoms with E-state index in [1.165, 1.54) is 0 Å². The second-order valence-electron chi connectivity index (χ2n) is 8.87. The van der Waals surface area contributed by atoms with Crippen LogP contribution in [0.4, 0.5) is 0 Å². The molecule has 0 bridgehead atoms. The fourth-order valence-electron chi connectivity index (χ4n) is 3.68. The molecule has 0 spiro atoms. The normalized spacial score (nSPS) is 11.7. The summed E-state index contributed by atoms with van der Waals surface area (Å²) in [6.07, 6.45) is 3.52. The predicted molar refractivity (Wildman–Crippen MR) is 151 cm³/mol. The number of benzene rings is 3. The first-order valence-corrected chi connectivity index (χ1v) is 11.8. The summed E-state index contributed by atoms with van der Waals surface area (Å²) in [6, 6.07) is 16.2. The fraction of sp³-hybridized carbons (Fsp3) is 0.308. The van der Waals surface area contributed by atoms with E-state index in [2.05, 4.69) is 56.0 Å². The third-order valence-electron chi connectivity index (χ3n) is 5.48. The van der Waals surface area contributed by atoms with Gasteiger partial charge in [-0.15, -0.1) is 0 Å². The lowest BCUT2D eigenvalue weighted by Gasteiger charge is -2.13. The van der Waals surface area contributed by atoms with E-state index < -0.39 is 0 Å². The van der Waals surface area contributed by atoms with Crippen LogP contribution < -0.4 is 21.5 Å². The van der Waals surface area contributed by atoms with Crippen LogP contribution in [0, 0.1) is 10.8 Å². The van der Waals surface area contributed by atoms with Gasteiger partial charge in [-0.25, -0.2) is 10.9 Å². The van der Waals surface area contributed by atoms with Crippen LogP contribution in [-0.2, 0) is 0 Å². The highest BCUT2D eigenvalue weighted by Crippen LogP contribution is 2.31. The van der Waals surface area contributed by atoms with Crippen molar-refractivity contribution in [3.63, 3.8) is 0 Å². The van der Waals surface area contributed by atoms with Crippen LogP contribution in [0.15, 0.2) is 58.7 Å². The van der Waals surface area contributed by atoms with Gasteiger partial charge in [-0.2, -0.15) is 10.2 Å². The third-order valence-corrected chi connectivity index (χ3v) is 5.48. The standard InChI is InChI=1S/C26H36N10/c1-35(2)15-13-29-25(27)33-31-17-23-19-9-5-7-11-21(19)24(22-12-8-6-10-20(22)23)18-32-34-26(28)30-14-16-36(3)4/h5-12,17-18H,13-16H2,1-4H3,(H3,27,29,33)(H3,28,30,34). The molecule has 10 heteroatoms. The van der Waals surface area contributed by atoms with Gasteiger partial charge in [0.05, 0.1) is 12.4 Å². The molecular weight excluding hydrogens is 452 g/mol. The lowest BCUT2D eigenvalue weighted by molar-refractivity contribution is 0.411. The maximum atomic E-state index is 8.03. The van der Waals surface area contributed by atoms with Crippen LogP contribution in [0.1, 0.15) is 11.1 Å². The Bertz CT molecular complexity index is 1090. The summed E-state index contributed by atoms with van der Waals surface area (Å²) in [7, 11) is 7.96. The highest BCUT2D eigenvalue weighted by Gasteiger charge is 2.11. The van der Waals surface area contributed by atoms with Crippen molar-refractivity contribution in [1.82, 2.24) is 31.3 Å². The van der Waals surface area contributed by atoms with Gasteiger partial charge in [0.25, 0.3) is 0 Å². The van der Waals surface area contributed by atoms with Crippen LogP contribution in [-0.4, -0.2) is 88.5 Å². The molecule has 0 amide bonds. The fourth-order valence-corrected chi connectivity index (χ4v) is 3.68. The Balaban J connectivity index is 1.85. The van der Waals surface area contributed by atoms with Gasteiger partial charge < -0.3 is 20.4 Å². The van der Waals surface area contributed by atoms with Gasteiger partial charge in [0.2, 0.25) is 11.9 Å². The molecular formula is C26H36N10. The summed E-state index contributed by atoms with van der Waals surface area (Å²) in [5, 5.41) is 34.8. The van der Waals surface area contributed by atoms with E-state index >= 15 is 0 Å². The van der Waals surface area contributed by atoms with Crippen molar-refractivity contribution in [2.24, 2.45) is 10.2 Å². The van der Waals surface area contributed by atoms with Crippen molar-refractivity contribution >= 4 is 45.9 Å². The van der Waals surface area contributed by atoms with Crippen molar-refractivity contribution in [1.29, 1.82) is 10.8 Å². The zero-order valence-electron chi connectivity index (χ0n) is 21.4. The molecule has 0 aliphatic heterocycles. The van der Waals surface area contributed by atoms with E-state index in [1.807, 2.05) is 62.3 Å². The molecule has 0 radical (unpaired) electrons. The van der Waals surface area contributed by atoms with Crippen molar-refractivity contribution in [2.75, 3.05) is 54.4 Å². The maximum Gasteiger partial charge on any atom is 0.209 e. The molecule has 10 nitrogen and oxygen atoms in total. The smallest absolute Gasteiger partial charge is 0.209 e. The van der Waals surface area contributed by atoms with Gasteiger partial charge in [-0.05, 0) is 49.7 Å². The molecule has 0 fully saturated rings. The van der Waals surface area contributed by atoms with Gasteiger partial charge >= 0.3 is 0 Å². The molecule has 0 unspecified atom stereocenters. The summed E-state index contributed by atoms with van der Waals surface area (Å²) < 4.78 is 0. The second kappa shape index (κ2) is 13.2. The van der Waals surface area contributed by atoms with Crippen molar-refractivity contribution in [3.05, 3.63) is 59.7 Å².